The highest BCUT2D eigenvalue weighted by Crippen LogP contribution is 2.28. The summed E-state index contributed by atoms with van der Waals surface area (Å²) in [6.45, 7) is 11.4. The van der Waals surface area contributed by atoms with Crippen LogP contribution in [0.25, 0.3) is 11.2 Å². The average Bonchev–Trinajstić information content (AvgIpc) is 2.90. The summed E-state index contributed by atoms with van der Waals surface area (Å²) in [4.78, 5) is 33.9. The smallest absolute Gasteiger partial charge is 0.329 e. The van der Waals surface area contributed by atoms with Crippen LogP contribution in [0.15, 0.2) is 9.59 Å². The molecule has 0 saturated carbocycles. The number of imidazole rings is 1. The van der Waals surface area contributed by atoms with E-state index in [4.69, 9.17) is 4.98 Å². The highest BCUT2D eigenvalue weighted by molar-refractivity contribution is 5.74. The highest BCUT2D eigenvalue weighted by Gasteiger charge is 2.27. The topological polar surface area (TPSA) is 75.9 Å². The Balaban J connectivity index is 2.17. The number of nitrogens with zero attached hydrogens (tertiary/aromatic N) is 4. The van der Waals surface area contributed by atoms with Crippen LogP contribution in [0.3, 0.4) is 0 Å². The van der Waals surface area contributed by atoms with Crippen molar-refractivity contribution in [3.8, 4) is 0 Å². The maximum atomic E-state index is 12.5. The van der Waals surface area contributed by atoms with Crippen LogP contribution in [-0.4, -0.2) is 32.2 Å². The first-order chi connectivity index (χ1) is 11.8. The van der Waals surface area contributed by atoms with Crippen molar-refractivity contribution in [1.29, 1.82) is 0 Å². The predicted molar refractivity (Wildman–Crippen MR) is 100 cm³/mol. The molecule has 0 amide bonds. The van der Waals surface area contributed by atoms with Gasteiger partial charge in [0.05, 0.1) is 0 Å². The van der Waals surface area contributed by atoms with Gasteiger partial charge in [0.15, 0.2) is 11.2 Å². The minimum absolute atomic E-state index is 0.348. The van der Waals surface area contributed by atoms with Crippen molar-refractivity contribution in [2.45, 2.75) is 47.1 Å². The summed E-state index contributed by atoms with van der Waals surface area (Å²) in [7, 11) is 1.66. The summed E-state index contributed by atoms with van der Waals surface area (Å²) in [5, 5.41) is 0. The lowest BCUT2D eigenvalue weighted by molar-refractivity contribution is 0.350. The Morgan fingerprint density at radius 2 is 1.84 bits per heavy atom. The maximum absolute atomic E-state index is 12.5. The molecule has 0 aromatic carbocycles. The lowest BCUT2D eigenvalue weighted by Gasteiger charge is -2.35. The third-order valence-electron chi connectivity index (χ3n) is 5.07. The molecule has 2 aromatic rings. The number of fused-ring (bicyclic) bond motifs is 1. The van der Waals surface area contributed by atoms with Gasteiger partial charge in [0.25, 0.3) is 5.56 Å². The van der Waals surface area contributed by atoms with Gasteiger partial charge in [0.1, 0.15) is 0 Å². The summed E-state index contributed by atoms with van der Waals surface area (Å²) in [5.41, 5.74) is 0.207. The number of hydrogen-bond donors (Lipinski definition) is 1. The van der Waals surface area contributed by atoms with E-state index in [1.54, 1.807) is 7.05 Å². The molecule has 2 atom stereocenters. The molecule has 0 aliphatic carbocycles. The fourth-order valence-electron chi connectivity index (χ4n) is 3.89. The Kier molecular flexibility index (Phi) is 4.75. The molecule has 1 saturated heterocycles. The molecule has 1 aliphatic heterocycles. The molecule has 0 bridgehead atoms. The molecule has 25 heavy (non-hydrogen) atoms. The number of anilines is 1. The van der Waals surface area contributed by atoms with Crippen LogP contribution in [0.1, 0.15) is 40.5 Å². The summed E-state index contributed by atoms with van der Waals surface area (Å²) in [6.07, 6.45) is 2.17. The zero-order chi connectivity index (χ0) is 18.3. The van der Waals surface area contributed by atoms with Crippen LogP contribution in [-0.2, 0) is 13.6 Å². The predicted octanol–water partition coefficient (Wildman–Crippen LogP) is 1.95. The van der Waals surface area contributed by atoms with Crippen LogP contribution >= 0.6 is 0 Å². The van der Waals surface area contributed by atoms with Gasteiger partial charge in [-0.3, -0.25) is 14.3 Å². The van der Waals surface area contributed by atoms with E-state index in [1.165, 1.54) is 11.0 Å². The molecule has 0 unspecified atom stereocenters. The van der Waals surface area contributed by atoms with Gasteiger partial charge in [-0.1, -0.05) is 27.7 Å². The molecule has 3 rings (SSSR count). The van der Waals surface area contributed by atoms with Crippen molar-refractivity contribution in [2.24, 2.45) is 24.8 Å². The molecular formula is C18H29N5O2. The Hall–Kier alpha value is -2.05. The quantitative estimate of drug-likeness (QED) is 0.917. The van der Waals surface area contributed by atoms with Crippen molar-refractivity contribution in [2.75, 3.05) is 18.0 Å². The van der Waals surface area contributed by atoms with Crippen LogP contribution in [0.5, 0.6) is 0 Å². The first kappa shape index (κ1) is 17.8. The Labute approximate surface area is 147 Å². The molecule has 7 heteroatoms. The second-order valence-electron chi connectivity index (χ2n) is 8.09. The van der Waals surface area contributed by atoms with Gasteiger partial charge in [0.2, 0.25) is 5.95 Å². The first-order valence-corrected chi connectivity index (χ1v) is 9.22. The average molecular weight is 347 g/mol. The highest BCUT2D eigenvalue weighted by atomic mass is 16.2. The fraction of sp³-hybridized carbons (Fsp3) is 0.722. The van der Waals surface area contributed by atoms with E-state index < -0.39 is 5.69 Å². The van der Waals surface area contributed by atoms with Crippen LogP contribution in [0.4, 0.5) is 5.95 Å². The number of hydrogen-bond acceptors (Lipinski definition) is 4. The van der Waals surface area contributed by atoms with Crippen molar-refractivity contribution < 1.29 is 0 Å². The lowest BCUT2D eigenvalue weighted by Crippen LogP contribution is -2.40. The molecule has 7 nitrogen and oxygen atoms in total. The van der Waals surface area contributed by atoms with E-state index in [1.807, 2.05) is 4.57 Å². The van der Waals surface area contributed by atoms with Gasteiger partial charge >= 0.3 is 5.69 Å². The lowest BCUT2D eigenvalue weighted by atomic mass is 9.92. The second kappa shape index (κ2) is 6.69. The van der Waals surface area contributed by atoms with Gasteiger partial charge in [-0.2, -0.15) is 4.98 Å². The number of rotatable bonds is 4. The van der Waals surface area contributed by atoms with Gasteiger partial charge < -0.3 is 9.47 Å². The zero-order valence-corrected chi connectivity index (χ0v) is 15.9. The molecule has 1 fully saturated rings. The minimum Gasteiger partial charge on any atom is -0.342 e. The molecule has 138 valence electrons. The summed E-state index contributed by atoms with van der Waals surface area (Å²) >= 11 is 0. The number of aromatic nitrogens is 4. The van der Waals surface area contributed by atoms with Crippen molar-refractivity contribution in [3.63, 3.8) is 0 Å². The number of H-pyrrole nitrogens is 1. The van der Waals surface area contributed by atoms with Crippen LogP contribution < -0.4 is 16.1 Å². The Morgan fingerprint density at radius 1 is 1.20 bits per heavy atom. The number of nitrogens with one attached hydrogen (secondary N) is 1. The SMILES string of the molecule is CC(C)CCn1c(N2C[C@H](C)C[C@H](C)C2)nc2c1c(=O)[nH]c(=O)n2C. The fourth-order valence-corrected chi connectivity index (χ4v) is 3.89. The minimum atomic E-state index is -0.419. The van der Waals surface area contributed by atoms with Gasteiger partial charge in [-0.15, -0.1) is 0 Å². The third kappa shape index (κ3) is 3.37. The second-order valence-corrected chi connectivity index (χ2v) is 8.09. The first-order valence-electron chi connectivity index (χ1n) is 9.22. The number of piperidine rings is 1. The zero-order valence-electron chi connectivity index (χ0n) is 15.9. The summed E-state index contributed by atoms with van der Waals surface area (Å²) < 4.78 is 3.45. The molecular weight excluding hydrogens is 318 g/mol. The van der Waals surface area contributed by atoms with Crippen molar-refractivity contribution >= 4 is 17.1 Å². The van der Waals surface area contributed by atoms with Gasteiger partial charge in [-0.05, 0) is 30.6 Å². The van der Waals surface area contributed by atoms with E-state index in [2.05, 4.69) is 37.6 Å². The van der Waals surface area contributed by atoms with E-state index in [-0.39, 0.29) is 5.56 Å². The van der Waals surface area contributed by atoms with E-state index in [9.17, 15) is 9.59 Å². The molecule has 0 spiro atoms. The molecule has 1 N–H and O–H groups in total. The Morgan fingerprint density at radius 3 is 2.44 bits per heavy atom. The normalized spacial score (nSPS) is 21.4. The molecule has 1 aliphatic rings. The Bertz CT molecular complexity index is 866. The van der Waals surface area contributed by atoms with E-state index >= 15 is 0 Å². The van der Waals surface area contributed by atoms with Crippen LogP contribution in [0.2, 0.25) is 0 Å². The molecule has 0 radical (unpaired) electrons. The van der Waals surface area contributed by atoms with E-state index in [0.717, 1.165) is 32.0 Å². The van der Waals surface area contributed by atoms with Crippen molar-refractivity contribution in [3.05, 3.63) is 20.8 Å². The van der Waals surface area contributed by atoms with Gasteiger partial charge in [-0.25, -0.2) is 4.79 Å². The molecule has 2 aromatic heterocycles. The largest absolute Gasteiger partial charge is 0.342 e. The van der Waals surface area contributed by atoms with Crippen molar-refractivity contribution in [1.82, 2.24) is 19.1 Å². The monoisotopic (exact) mass is 347 g/mol. The number of aromatic amines is 1. The maximum Gasteiger partial charge on any atom is 0.329 e. The van der Waals surface area contributed by atoms with Crippen LogP contribution in [0, 0.1) is 17.8 Å². The van der Waals surface area contributed by atoms with E-state index in [0.29, 0.717) is 28.9 Å². The van der Waals surface area contributed by atoms with Gasteiger partial charge in [0, 0.05) is 26.7 Å². The summed E-state index contributed by atoms with van der Waals surface area (Å²) in [5.74, 6) is 2.52. The molecule has 3 heterocycles. The third-order valence-corrected chi connectivity index (χ3v) is 5.07. The summed E-state index contributed by atoms with van der Waals surface area (Å²) in [6, 6.07) is 0. The standard InChI is InChI=1S/C18H29N5O2/c1-11(2)6-7-23-14-15(21(5)18(25)20-16(14)24)19-17(23)22-9-12(3)8-13(4)10-22/h11-13H,6-10H2,1-5H3,(H,20,24,25)/t12-,13+. The number of aryl methyl sites for hydroxylation is 2.